The summed E-state index contributed by atoms with van der Waals surface area (Å²) in [7, 11) is 0. The molecule has 0 spiro atoms. The molecule has 0 radical (unpaired) electrons. The Labute approximate surface area is 105 Å². The van der Waals surface area contributed by atoms with Crippen LogP contribution in [0.25, 0.3) is 0 Å². The Morgan fingerprint density at radius 3 is 2.59 bits per heavy atom. The third-order valence-electron chi connectivity index (χ3n) is 3.09. The van der Waals surface area contributed by atoms with Crippen molar-refractivity contribution in [2.24, 2.45) is 5.92 Å². The van der Waals surface area contributed by atoms with E-state index in [9.17, 15) is 0 Å². The van der Waals surface area contributed by atoms with Gasteiger partial charge in [-0.25, -0.2) is 4.98 Å². The number of nitrogens with one attached hydrogen (secondary N) is 2. The van der Waals surface area contributed by atoms with Crippen LogP contribution in [0.1, 0.15) is 39.3 Å². The Morgan fingerprint density at radius 1 is 1.18 bits per heavy atom. The summed E-state index contributed by atoms with van der Waals surface area (Å²) in [5.74, 6) is 1.74. The molecule has 0 saturated heterocycles. The van der Waals surface area contributed by atoms with Crippen molar-refractivity contribution in [3.63, 3.8) is 0 Å². The fourth-order valence-corrected chi connectivity index (χ4v) is 1.76. The Kier molecular flexibility index (Phi) is 6.63. The summed E-state index contributed by atoms with van der Waals surface area (Å²) in [5.41, 5.74) is 1.10. The minimum atomic E-state index is 0.745. The van der Waals surface area contributed by atoms with Crippen molar-refractivity contribution in [1.82, 2.24) is 10.3 Å². The van der Waals surface area contributed by atoms with Crippen LogP contribution in [0, 0.1) is 5.92 Å². The molecular formula is C14H25N3. The molecule has 17 heavy (non-hydrogen) atoms. The third kappa shape index (κ3) is 5.18. The van der Waals surface area contributed by atoms with Gasteiger partial charge in [-0.2, -0.15) is 0 Å². The average Bonchev–Trinajstić information content (AvgIpc) is 2.38. The first-order valence-corrected chi connectivity index (χ1v) is 6.70. The quantitative estimate of drug-likeness (QED) is 0.727. The Bertz CT molecular complexity index is 308. The molecule has 3 nitrogen and oxygen atoms in total. The van der Waals surface area contributed by atoms with E-state index >= 15 is 0 Å². The van der Waals surface area contributed by atoms with Gasteiger partial charge in [0.2, 0.25) is 0 Å². The van der Waals surface area contributed by atoms with E-state index in [1.54, 1.807) is 0 Å². The smallest absolute Gasteiger partial charge is 0.126 e. The van der Waals surface area contributed by atoms with E-state index in [0.717, 1.165) is 37.1 Å². The van der Waals surface area contributed by atoms with E-state index in [2.05, 4.69) is 48.5 Å². The molecule has 0 bridgehead atoms. The largest absolute Gasteiger partial charge is 0.370 e. The van der Waals surface area contributed by atoms with Crippen LogP contribution in [0.3, 0.4) is 0 Å². The Morgan fingerprint density at radius 2 is 1.94 bits per heavy atom. The van der Waals surface area contributed by atoms with Gasteiger partial charge < -0.3 is 10.6 Å². The number of hydrogen-bond acceptors (Lipinski definition) is 3. The van der Waals surface area contributed by atoms with Crippen LogP contribution in [0.5, 0.6) is 0 Å². The monoisotopic (exact) mass is 235 g/mol. The molecule has 1 aromatic heterocycles. The summed E-state index contributed by atoms with van der Waals surface area (Å²) in [6.45, 7) is 9.43. The molecule has 0 aliphatic carbocycles. The van der Waals surface area contributed by atoms with Crippen molar-refractivity contribution in [2.75, 3.05) is 18.4 Å². The van der Waals surface area contributed by atoms with E-state index < -0.39 is 0 Å². The molecule has 1 rings (SSSR count). The van der Waals surface area contributed by atoms with Gasteiger partial charge in [-0.1, -0.05) is 39.7 Å². The molecule has 1 heterocycles. The lowest BCUT2D eigenvalue weighted by molar-refractivity contribution is 0.518. The third-order valence-corrected chi connectivity index (χ3v) is 3.09. The zero-order chi connectivity index (χ0) is 12.5. The van der Waals surface area contributed by atoms with Gasteiger partial charge in [0, 0.05) is 13.1 Å². The molecule has 0 aliphatic rings. The highest BCUT2D eigenvalue weighted by Gasteiger charge is 2.03. The number of anilines is 1. The van der Waals surface area contributed by atoms with E-state index in [-0.39, 0.29) is 0 Å². The number of rotatable bonds is 8. The van der Waals surface area contributed by atoms with Gasteiger partial charge in [0.25, 0.3) is 0 Å². The second-order valence-electron chi connectivity index (χ2n) is 4.36. The lowest BCUT2D eigenvalue weighted by atomic mass is 10.0. The lowest BCUT2D eigenvalue weighted by Gasteiger charge is -2.14. The van der Waals surface area contributed by atoms with Gasteiger partial charge in [0.15, 0.2) is 0 Å². The van der Waals surface area contributed by atoms with Crippen molar-refractivity contribution < 1.29 is 0 Å². The molecule has 3 heteroatoms. The van der Waals surface area contributed by atoms with Crippen molar-refractivity contribution in [3.05, 3.63) is 23.9 Å². The molecule has 0 aromatic carbocycles. The minimum Gasteiger partial charge on any atom is -0.370 e. The van der Waals surface area contributed by atoms with Crippen LogP contribution in [0.4, 0.5) is 5.82 Å². The summed E-state index contributed by atoms with van der Waals surface area (Å²) in [4.78, 5) is 4.58. The summed E-state index contributed by atoms with van der Waals surface area (Å²) < 4.78 is 0. The SMILES string of the molecule is CCNCc1cccc(NCC(CC)CC)n1. The van der Waals surface area contributed by atoms with Crippen LogP contribution >= 0.6 is 0 Å². The molecule has 0 atom stereocenters. The first-order chi connectivity index (χ1) is 8.30. The second kappa shape index (κ2) is 8.07. The summed E-state index contributed by atoms with van der Waals surface area (Å²) in [5, 5.41) is 6.71. The molecular weight excluding hydrogens is 210 g/mol. The topological polar surface area (TPSA) is 37.0 Å². The zero-order valence-electron chi connectivity index (χ0n) is 11.3. The van der Waals surface area contributed by atoms with E-state index in [1.165, 1.54) is 12.8 Å². The highest BCUT2D eigenvalue weighted by Crippen LogP contribution is 2.10. The fraction of sp³-hybridized carbons (Fsp3) is 0.643. The first kappa shape index (κ1) is 14.0. The predicted molar refractivity (Wildman–Crippen MR) is 74.2 cm³/mol. The van der Waals surface area contributed by atoms with Gasteiger partial charge in [0.05, 0.1) is 5.69 Å². The van der Waals surface area contributed by atoms with Gasteiger partial charge >= 0.3 is 0 Å². The minimum absolute atomic E-state index is 0.745. The molecule has 0 saturated carbocycles. The number of aromatic nitrogens is 1. The molecule has 96 valence electrons. The normalized spacial score (nSPS) is 10.8. The maximum atomic E-state index is 4.58. The first-order valence-electron chi connectivity index (χ1n) is 6.70. The van der Waals surface area contributed by atoms with Crippen LogP contribution in [-0.2, 0) is 6.54 Å². The van der Waals surface area contributed by atoms with Gasteiger partial charge in [-0.15, -0.1) is 0 Å². The average molecular weight is 235 g/mol. The molecule has 0 aliphatic heterocycles. The van der Waals surface area contributed by atoms with Crippen LogP contribution in [0.2, 0.25) is 0 Å². The van der Waals surface area contributed by atoms with Crippen molar-refractivity contribution in [1.29, 1.82) is 0 Å². The summed E-state index contributed by atoms with van der Waals surface area (Å²) >= 11 is 0. The highest BCUT2D eigenvalue weighted by atomic mass is 15.0. The van der Waals surface area contributed by atoms with Crippen molar-refractivity contribution >= 4 is 5.82 Å². The molecule has 0 unspecified atom stereocenters. The molecule has 0 fully saturated rings. The lowest BCUT2D eigenvalue weighted by Crippen LogP contribution is -2.16. The molecule has 2 N–H and O–H groups in total. The van der Waals surface area contributed by atoms with Gasteiger partial charge in [-0.3, -0.25) is 0 Å². The van der Waals surface area contributed by atoms with Crippen molar-refractivity contribution in [3.8, 4) is 0 Å². The van der Waals surface area contributed by atoms with Gasteiger partial charge in [-0.05, 0) is 24.6 Å². The molecule has 1 aromatic rings. The van der Waals surface area contributed by atoms with Crippen molar-refractivity contribution in [2.45, 2.75) is 40.2 Å². The highest BCUT2D eigenvalue weighted by molar-refractivity contribution is 5.35. The maximum Gasteiger partial charge on any atom is 0.126 e. The zero-order valence-corrected chi connectivity index (χ0v) is 11.3. The van der Waals surface area contributed by atoms with E-state index in [0.29, 0.717) is 0 Å². The van der Waals surface area contributed by atoms with Gasteiger partial charge in [0.1, 0.15) is 5.82 Å². The number of hydrogen-bond donors (Lipinski definition) is 2. The van der Waals surface area contributed by atoms with E-state index in [4.69, 9.17) is 0 Å². The predicted octanol–water partition coefficient (Wildman–Crippen LogP) is 3.04. The standard InChI is InChI=1S/C14H25N3/c1-4-12(5-2)10-16-14-9-7-8-13(17-14)11-15-6-3/h7-9,12,15H,4-6,10-11H2,1-3H3,(H,16,17). The number of pyridine rings is 1. The van der Waals surface area contributed by atoms with E-state index in [1.807, 2.05) is 6.07 Å². The second-order valence-corrected chi connectivity index (χ2v) is 4.36. The number of nitrogens with zero attached hydrogens (tertiary/aromatic N) is 1. The molecule has 0 amide bonds. The summed E-state index contributed by atoms with van der Waals surface area (Å²) in [6, 6.07) is 6.16. The Hall–Kier alpha value is -1.09. The summed E-state index contributed by atoms with van der Waals surface area (Å²) in [6.07, 6.45) is 2.45. The van der Waals surface area contributed by atoms with Crippen LogP contribution in [-0.4, -0.2) is 18.1 Å². The Balaban J connectivity index is 2.47. The van der Waals surface area contributed by atoms with Crippen LogP contribution in [0.15, 0.2) is 18.2 Å². The maximum absolute atomic E-state index is 4.58. The van der Waals surface area contributed by atoms with Crippen LogP contribution < -0.4 is 10.6 Å². The fourth-order valence-electron chi connectivity index (χ4n) is 1.76.